The number of ether oxygens (including phenoxy) is 1. The van der Waals surface area contributed by atoms with Gasteiger partial charge in [0.2, 0.25) is 0 Å². The van der Waals surface area contributed by atoms with Gasteiger partial charge in [0.15, 0.2) is 28.7 Å². The number of nitrogens with zero attached hydrogens (tertiary/aromatic N) is 2. The molecule has 1 aliphatic heterocycles. The molecule has 8 heteroatoms. The number of halogens is 1. The number of hydrogen-bond acceptors (Lipinski definition) is 6. The fourth-order valence-electron chi connectivity index (χ4n) is 3.37. The number of aromatic carboxylic acids is 1. The predicted octanol–water partition coefficient (Wildman–Crippen LogP) is 3.47. The van der Waals surface area contributed by atoms with Crippen LogP contribution < -0.4 is 10.1 Å². The first-order valence-corrected chi connectivity index (χ1v) is 9.06. The summed E-state index contributed by atoms with van der Waals surface area (Å²) in [7, 11) is 1.34. The third-order valence-electron chi connectivity index (χ3n) is 4.94. The van der Waals surface area contributed by atoms with Crippen molar-refractivity contribution in [2.75, 3.05) is 32.1 Å². The predicted molar refractivity (Wildman–Crippen MR) is 98.8 cm³/mol. The number of hydrogen-bond donors (Lipinski definition) is 2. The normalized spacial score (nSPS) is 15.7. The molecule has 146 valence electrons. The molecule has 27 heavy (non-hydrogen) atoms. The van der Waals surface area contributed by atoms with E-state index in [1.807, 2.05) is 0 Å². The van der Waals surface area contributed by atoms with Crippen molar-refractivity contribution >= 4 is 11.8 Å². The average Bonchev–Trinajstić information content (AvgIpc) is 3.32. The summed E-state index contributed by atoms with van der Waals surface area (Å²) in [5, 5.41) is 16.5. The molecule has 0 radical (unpaired) electrons. The van der Waals surface area contributed by atoms with Gasteiger partial charge in [-0.15, -0.1) is 0 Å². The van der Waals surface area contributed by atoms with Crippen LogP contribution in [-0.4, -0.2) is 53.9 Å². The minimum atomic E-state index is -1.16. The van der Waals surface area contributed by atoms with Gasteiger partial charge in [-0.05, 0) is 57.5 Å². The molecule has 2 N–H and O–H groups in total. The summed E-state index contributed by atoms with van der Waals surface area (Å²) in [5.74, 6) is -1.45. The Morgan fingerprint density at radius 3 is 2.85 bits per heavy atom. The average molecular weight is 377 g/mol. The molecule has 1 unspecified atom stereocenters. The Balaban J connectivity index is 1.74. The fourth-order valence-corrected chi connectivity index (χ4v) is 3.37. The van der Waals surface area contributed by atoms with Crippen LogP contribution in [0.25, 0.3) is 11.3 Å². The summed E-state index contributed by atoms with van der Waals surface area (Å²) in [6, 6.07) is 4.44. The molecule has 1 atom stereocenters. The van der Waals surface area contributed by atoms with Gasteiger partial charge >= 0.3 is 5.97 Å². The monoisotopic (exact) mass is 377 g/mol. The topological polar surface area (TPSA) is 87.8 Å². The molecule has 0 amide bonds. The second-order valence-electron chi connectivity index (χ2n) is 6.70. The first-order valence-electron chi connectivity index (χ1n) is 9.06. The summed E-state index contributed by atoms with van der Waals surface area (Å²) in [6.07, 6.45) is 3.33. The van der Waals surface area contributed by atoms with E-state index in [1.54, 1.807) is 0 Å². The number of carbonyl (C=O) groups is 1. The van der Waals surface area contributed by atoms with Crippen molar-refractivity contribution in [3.63, 3.8) is 0 Å². The molecule has 3 rings (SSSR count). The third kappa shape index (κ3) is 4.21. The van der Waals surface area contributed by atoms with Gasteiger partial charge in [0.1, 0.15) is 0 Å². The minimum Gasteiger partial charge on any atom is -0.494 e. The Morgan fingerprint density at radius 2 is 2.19 bits per heavy atom. The van der Waals surface area contributed by atoms with Gasteiger partial charge in [-0.25, -0.2) is 9.18 Å². The van der Waals surface area contributed by atoms with Crippen molar-refractivity contribution in [3.8, 4) is 17.1 Å². The maximum atomic E-state index is 13.6. The largest absolute Gasteiger partial charge is 0.494 e. The Bertz CT molecular complexity index is 802. The van der Waals surface area contributed by atoms with Gasteiger partial charge in [-0.1, -0.05) is 5.16 Å². The smallest absolute Gasteiger partial charge is 0.343 e. The number of benzene rings is 1. The van der Waals surface area contributed by atoms with Crippen LogP contribution in [-0.2, 0) is 0 Å². The van der Waals surface area contributed by atoms with Crippen LogP contribution in [0.3, 0.4) is 0 Å². The second kappa shape index (κ2) is 8.39. The van der Waals surface area contributed by atoms with Crippen molar-refractivity contribution in [3.05, 3.63) is 29.6 Å². The Hall–Kier alpha value is -2.61. The molecule has 0 bridgehead atoms. The van der Waals surface area contributed by atoms with Crippen LogP contribution in [0.1, 0.15) is 36.5 Å². The zero-order valence-electron chi connectivity index (χ0n) is 15.5. The first kappa shape index (κ1) is 19.2. The van der Waals surface area contributed by atoms with Gasteiger partial charge in [-0.3, -0.25) is 0 Å². The van der Waals surface area contributed by atoms with E-state index in [0.29, 0.717) is 18.2 Å². The van der Waals surface area contributed by atoms with Crippen LogP contribution in [0.2, 0.25) is 0 Å². The second-order valence-corrected chi connectivity index (χ2v) is 6.70. The van der Waals surface area contributed by atoms with Gasteiger partial charge in [0, 0.05) is 18.2 Å². The minimum absolute atomic E-state index is 0.00851. The number of carboxylic acid groups (broad SMARTS) is 1. The van der Waals surface area contributed by atoms with Crippen LogP contribution in [0.4, 0.5) is 10.2 Å². The third-order valence-corrected chi connectivity index (χ3v) is 4.94. The van der Waals surface area contributed by atoms with Crippen molar-refractivity contribution < 1.29 is 23.6 Å². The zero-order valence-corrected chi connectivity index (χ0v) is 15.5. The van der Waals surface area contributed by atoms with Crippen LogP contribution >= 0.6 is 0 Å². The Labute approximate surface area is 157 Å². The summed E-state index contributed by atoms with van der Waals surface area (Å²) >= 11 is 0. The highest BCUT2D eigenvalue weighted by molar-refractivity contribution is 5.99. The summed E-state index contributed by atoms with van der Waals surface area (Å²) in [5.41, 5.74) is 0.314. The lowest BCUT2D eigenvalue weighted by atomic mass is 10.1. The number of anilines is 1. The fraction of sp³-hybridized carbons (Fsp3) is 0.474. The number of aromatic nitrogens is 1. The molecule has 2 heterocycles. The number of likely N-dealkylation sites (tertiary alicyclic amines) is 1. The van der Waals surface area contributed by atoms with Gasteiger partial charge in [-0.2, -0.15) is 0 Å². The molecule has 1 aromatic heterocycles. The van der Waals surface area contributed by atoms with E-state index < -0.39 is 11.8 Å². The standard InChI is InChI=1S/C19H24FN3O4/c1-12(23-9-3-4-10-23)7-8-21-18-16(19(24)25)17(27-22-18)13-5-6-14(20)15(11-13)26-2/h5-6,11-12H,3-4,7-10H2,1-2H3,(H,21,22)(H,24,25). The van der Waals surface area contributed by atoms with E-state index in [4.69, 9.17) is 9.26 Å². The summed E-state index contributed by atoms with van der Waals surface area (Å²) < 4.78 is 23.8. The highest BCUT2D eigenvalue weighted by atomic mass is 19.1. The molecular formula is C19H24FN3O4. The summed E-state index contributed by atoms with van der Waals surface area (Å²) in [6.45, 7) is 4.98. The summed E-state index contributed by atoms with van der Waals surface area (Å²) in [4.78, 5) is 14.2. The maximum absolute atomic E-state index is 13.6. The Morgan fingerprint density at radius 1 is 1.44 bits per heavy atom. The van der Waals surface area contributed by atoms with Crippen molar-refractivity contribution in [1.82, 2.24) is 10.1 Å². The van der Waals surface area contributed by atoms with Gasteiger partial charge in [0.25, 0.3) is 0 Å². The molecule has 1 aromatic carbocycles. The van der Waals surface area contributed by atoms with Gasteiger partial charge in [0.05, 0.1) is 7.11 Å². The molecule has 0 saturated carbocycles. The number of rotatable bonds is 8. The molecule has 1 aliphatic rings. The lowest BCUT2D eigenvalue weighted by Gasteiger charge is -2.23. The molecule has 1 fully saturated rings. The first-order chi connectivity index (χ1) is 13.0. The highest BCUT2D eigenvalue weighted by Gasteiger charge is 2.25. The number of nitrogens with one attached hydrogen (secondary N) is 1. The quantitative estimate of drug-likeness (QED) is 0.728. The number of methoxy groups -OCH3 is 1. The molecule has 7 nitrogen and oxygen atoms in total. The lowest BCUT2D eigenvalue weighted by Crippen LogP contribution is -2.31. The van der Waals surface area contributed by atoms with Crippen molar-refractivity contribution in [2.45, 2.75) is 32.2 Å². The van der Waals surface area contributed by atoms with Crippen molar-refractivity contribution in [2.24, 2.45) is 0 Å². The molecule has 2 aromatic rings. The van der Waals surface area contributed by atoms with Crippen LogP contribution in [0.5, 0.6) is 5.75 Å². The zero-order chi connectivity index (χ0) is 19.4. The van der Waals surface area contributed by atoms with E-state index in [-0.39, 0.29) is 22.9 Å². The SMILES string of the molecule is COc1cc(-c2onc(NCCC(C)N3CCCC3)c2C(=O)O)ccc1F. The van der Waals surface area contributed by atoms with E-state index >= 15 is 0 Å². The van der Waals surface area contributed by atoms with Crippen molar-refractivity contribution in [1.29, 1.82) is 0 Å². The van der Waals surface area contributed by atoms with E-state index in [0.717, 1.165) is 19.5 Å². The number of carboxylic acids is 1. The lowest BCUT2D eigenvalue weighted by molar-refractivity contribution is 0.0698. The molecule has 1 saturated heterocycles. The van der Waals surface area contributed by atoms with E-state index in [1.165, 1.54) is 38.2 Å². The molecular weight excluding hydrogens is 353 g/mol. The highest BCUT2D eigenvalue weighted by Crippen LogP contribution is 2.32. The van der Waals surface area contributed by atoms with E-state index in [9.17, 15) is 14.3 Å². The van der Waals surface area contributed by atoms with Crippen LogP contribution in [0, 0.1) is 5.82 Å². The van der Waals surface area contributed by atoms with E-state index in [2.05, 4.69) is 22.3 Å². The molecule has 0 spiro atoms. The maximum Gasteiger partial charge on any atom is 0.343 e. The van der Waals surface area contributed by atoms with Gasteiger partial charge < -0.3 is 24.6 Å². The molecule has 0 aliphatic carbocycles. The Kier molecular flexibility index (Phi) is 5.95. The van der Waals surface area contributed by atoms with Crippen LogP contribution in [0.15, 0.2) is 22.7 Å².